The number of nitrogens with one attached hydrogen (secondary N) is 1. The number of amides is 3. The molecule has 0 aliphatic carbocycles. The molecule has 0 saturated carbocycles. The second-order valence-corrected chi connectivity index (χ2v) is 7.82. The van der Waals surface area contributed by atoms with Crippen molar-refractivity contribution in [3.05, 3.63) is 58.1 Å². The fourth-order valence-electron chi connectivity index (χ4n) is 2.87. The predicted octanol–water partition coefficient (Wildman–Crippen LogP) is 3.84. The lowest BCUT2D eigenvalue weighted by atomic mass is 10.2. The molecule has 0 aliphatic heterocycles. The maximum Gasteiger partial charge on any atom is 0.322 e. The van der Waals surface area contributed by atoms with Gasteiger partial charge in [0.2, 0.25) is 0 Å². The third-order valence-corrected chi connectivity index (χ3v) is 5.02. The van der Waals surface area contributed by atoms with Crippen LogP contribution in [-0.4, -0.2) is 52.4 Å². The normalized spacial score (nSPS) is 10.8. The molecule has 3 amide bonds. The zero-order chi connectivity index (χ0) is 21.3. The van der Waals surface area contributed by atoms with Crippen LogP contribution in [0.25, 0.3) is 11.0 Å². The van der Waals surface area contributed by atoms with Crippen LogP contribution < -0.4 is 5.32 Å². The minimum Gasteiger partial charge on any atom is -0.345 e. The largest absolute Gasteiger partial charge is 0.345 e. The molecule has 0 saturated heterocycles. The van der Waals surface area contributed by atoms with Crippen molar-refractivity contribution in [2.75, 3.05) is 26.5 Å². The molecule has 2 aromatic carbocycles. The summed E-state index contributed by atoms with van der Waals surface area (Å²) in [5.41, 5.74) is 2.16. The van der Waals surface area contributed by atoms with Gasteiger partial charge in [-0.05, 0) is 36.4 Å². The van der Waals surface area contributed by atoms with Gasteiger partial charge in [0.25, 0.3) is 5.91 Å². The second-order valence-electron chi connectivity index (χ2n) is 6.90. The first-order chi connectivity index (χ1) is 13.7. The van der Waals surface area contributed by atoms with Crippen molar-refractivity contribution in [1.29, 1.82) is 0 Å². The Morgan fingerprint density at radius 1 is 1.17 bits per heavy atom. The Balaban J connectivity index is 1.78. The van der Waals surface area contributed by atoms with Crippen molar-refractivity contribution in [3.8, 4) is 0 Å². The summed E-state index contributed by atoms with van der Waals surface area (Å²) in [4.78, 5) is 32.1. The summed E-state index contributed by atoms with van der Waals surface area (Å²) >= 11 is 3.18. The molecule has 7 nitrogen and oxygen atoms in total. The number of imidazole rings is 1. The second kappa shape index (κ2) is 8.20. The number of hydrogen-bond donors (Lipinski definition) is 1. The zero-order valence-electron chi connectivity index (χ0n) is 16.5. The fraction of sp³-hybridized carbons (Fsp3) is 0.250. The molecule has 3 aromatic rings. The van der Waals surface area contributed by atoms with Crippen molar-refractivity contribution in [2.45, 2.75) is 6.54 Å². The van der Waals surface area contributed by atoms with Crippen LogP contribution in [0.3, 0.4) is 0 Å². The zero-order valence-corrected chi connectivity index (χ0v) is 18.1. The predicted molar refractivity (Wildman–Crippen MR) is 113 cm³/mol. The number of aryl methyl sites for hydroxylation is 1. The number of rotatable bonds is 4. The Morgan fingerprint density at radius 3 is 2.55 bits per heavy atom. The van der Waals surface area contributed by atoms with Crippen LogP contribution >= 0.6 is 15.9 Å². The van der Waals surface area contributed by atoms with Gasteiger partial charge < -0.3 is 19.7 Å². The molecule has 0 spiro atoms. The molecule has 29 heavy (non-hydrogen) atoms. The fourth-order valence-corrected chi connectivity index (χ4v) is 3.20. The van der Waals surface area contributed by atoms with Crippen LogP contribution in [0.5, 0.6) is 0 Å². The van der Waals surface area contributed by atoms with Crippen LogP contribution in [-0.2, 0) is 13.6 Å². The van der Waals surface area contributed by atoms with Crippen LogP contribution in [0.2, 0.25) is 0 Å². The Bertz CT molecular complexity index is 1100. The van der Waals surface area contributed by atoms with E-state index >= 15 is 0 Å². The number of halogens is 2. The molecule has 1 aromatic heterocycles. The van der Waals surface area contributed by atoms with Crippen LogP contribution in [0.1, 0.15) is 16.2 Å². The lowest BCUT2D eigenvalue weighted by molar-refractivity contribution is 0.0827. The van der Waals surface area contributed by atoms with Gasteiger partial charge in [0, 0.05) is 38.2 Å². The van der Waals surface area contributed by atoms with Crippen molar-refractivity contribution in [1.82, 2.24) is 19.4 Å². The standard InChI is InChI=1S/C20H21BrFN5O2/c1-25(2)19(28)12-5-8-17-16(9-12)23-18(27(17)4)11-26(3)20(29)24-15-7-6-13(21)10-14(15)22/h5-10H,11H2,1-4H3,(H,24,29). The van der Waals surface area contributed by atoms with Crippen molar-refractivity contribution >= 4 is 44.6 Å². The van der Waals surface area contributed by atoms with E-state index in [0.29, 0.717) is 21.4 Å². The number of anilines is 1. The minimum absolute atomic E-state index is 0.0990. The Kier molecular flexibility index (Phi) is 5.88. The topological polar surface area (TPSA) is 70.5 Å². The smallest absolute Gasteiger partial charge is 0.322 e. The number of hydrogen-bond acceptors (Lipinski definition) is 3. The van der Waals surface area contributed by atoms with E-state index in [1.54, 1.807) is 39.3 Å². The molecule has 0 unspecified atom stereocenters. The molecule has 9 heteroatoms. The molecular formula is C20H21BrFN5O2. The van der Waals surface area contributed by atoms with E-state index in [1.807, 2.05) is 17.7 Å². The van der Waals surface area contributed by atoms with Crippen LogP contribution in [0, 0.1) is 5.82 Å². The van der Waals surface area contributed by atoms with Gasteiger partial charge in [0.05, 0.1) is 23.3 Å². The van der Waals surface area contributed by atoms with Gasteiger partial charge in [-0.1, -0.05) is 15.9 Å². The maximum atomic E-state index is 14.0. The number of carbonyl (C=O) groups excluding carboxylic acids is 2. The highest BCUT2D eigenvalue weighted by Crippen LogP contribution is 2.21. The molecule has 3 rings (SSSR count). The summed E-state index contributed by atoms with van der Waals surface area (Å²) in [6.45, 7) is 0.214. The van der Waals surface area contributed by atoms with Crippen molar-refractivity contribution in [2.24, 2.45) is 7.05 Å². The molecule has 0 radical (unpaired) electrons. The molecule has 0 aliphatic rings. The summed E-state index contributed by atoms with van der Waals surface area (Å²) in [5, 5.41) is 2.55. The lowest BCUT2D eigenvalue weighted by Gasteiger charge is -2.18. The van der Waals surface area contributed by atoms with Crippen molar-refractivity contribution < 1.29 is 14.0 Å². The first-order valence-corrected chi connectivity index (χ1v) is 9.61. The Hall–Kier alpha value is -2.94. The summed E-state index contributed by atoms with van der Waals surface area (Å²) in [6, 6.07) is 9.29. The molecule has 0 fully saturated rings. The van der Waals surface area contributed by atoms with Gasteiger partial charge in [-0.3, -0.25) is 4.79 Å². The Morgan fingerprint density at radius 2 is 1.90 bits per heavy atom. The van der Waals surface area contributed by atoms with Crippen molar-refractivity contribution in [3.63, 3.8) is 0 Å². The summed E-state index contributed by atoms with van der Waals surface area (Å²) in [5.74, 6) is 0.0115. The number of carbonyl (C=O) groups is 2. The highest BCUT2D eigenvalue weighted by atomic mass is 79.9. The number of fused-ring (bicyclic) bond motifs is 1. The monoisotopic (exact) mass is 461 g/mol. The molecule has 1 heterocycles. The molecule has 0 atom stereocenters. The first-order valence-electron chi connectivity index (χ1n) is 8.81. The molecule has 0 bridgehead atoms. The average Bonchev–Trinajstić information content (AvgIpc) is 2.98. The van der Waals surface area contributed by atoms with Gasteiger partial charge in [-0.15, -0.1) is 0 Å². The lowest BCUT2D eigenvalue weighted by Crippen LogP contribution is -2.32. The van der Waals surface area contributed by atoms with E-state index in [2.05, 4.69) is 26.2 Å². The number of aromatic nitrogens is 2. The molecule has 1 N–H and O–H groups in total. The van der Waals surface area contributed by atoms with Gasteiger partial charge in [0.15, 0.2) is 0 Å². The number of benzene rings is 2. The van der Waals surface area contributed by atoms with E-state index in [-0.39, 0.29) is 18.1 Å². The Labute approximate surface area is 176 Å². The SMILES string of the molecule is CN(C)C(=O)c1ccc2c(c1)nc(CN(C)C(=O)Nc1ccc(Br)cc1F)n2C. The highest BCUT2D eigenvalue weighted by Gasteiger charge is 2.17. The van der Waals surface area contributed by atoms with Gasteiger partial charge in [-0.2, -0.15) is 0 Å². The quantitative estimate of drug-likeness (QED) is 0.641. The van der Waals surface area contributed by atoms with E-state index in [0.717, 1.165) is 5.52 Å². The first kappa shape index (κ1) is 20.8. The summed E-state index contributed by atoms with van der Waals surface area (Å²) in [7, 11) is 6.83. The van der Waals surface area contributed by atoms with E-state index < -0.39 is 11.8 Å². The number of urea groups is 1. The van der Waals surface area contributed by atoms with Crippen LogP contribution in [0.4, 0.5) is 14.9 Å². The average molecular weight is 462 g/mol. The number of nitrogens with zero attached hydrogens (tertiary/aromatic N) is 4. The summed E-state index contributed by atoms with van der Waals surface area (Å²) in [6.07, 6.45) is 0. The third-order valence-electron chi connectivity index (χ3n) is 4.52. The van der Waals surface area contributed by atoms with Crippen LogP contribution in [0.15, 0.2) is 40.9 Å². The van der Waals surface area contributed by atoms with Gasteiger partial charge >= 0.3 is 6.03 Å². The molecule has 152 valence electrons. The van der Waals surface area contributed by atoms with Gasteiger partial charge in [0.1, 0.15) is 11.6 Å². The van der Waals surface area contributed by atoms with Gasteiger partial charge in [-0.25, -0.2) is 14.2 Å². The third kappa shape index (κ3) is 4.40. The maximum absolute atomic E-state index is 14.0. The van der Waals surface area contributed by atoms with E-state index in [1.165, 1.54) is 21.9 Å². The van der Waals surface area contributed by atoms with E-state index in [4.69, 9.17) is 0 Å². The highest BCUT2D eigenvalue weighted by molar-refractivity contribution is 9.10. The summed E-state index contributed by atoms with van der Waals surface area (Å²) < 4.78 is 16.4. The van der Waals surface area contributed by atoms with E-state index in [9.17, 15) is 14.0 Å². The minimum atomic E-state index is -0.526. The molecular weight excluding hydrogens is 441 g/mol.